The second kappa shape index (κ2) is 9.97. The minimum Gasteiger partial charge on any atom is -0.490 e. The van der Waals surface area contributed by atoms with E-state index in [0.29, 0.717) is 19.6 Å². The summed E-state index contributed by atoms with van der Waals surface area (Å²) >= 11 is 0. The Morgan fingerprint density at radius 1 is 0.833 bits per heavy atom. The predicted molar refractivity (Wildman–Crippen MR) is 118 cm³/mol. The van der Waals surface area contributed by atoms with Crippen LogP contribution in [-0.2, 0) is 17.6 Å². The smallest absolute Gasteiger partial charge is 0.220 e. The minimum absolute atomic E-state index is 0.0481. The average Bonchev–Trinajstić information content (AvgIpc) is 3.03. The Morgan fingerprint density at radius 2 is 1.50 bits per heavy atom. The number of aryl methyl sites for hydroxylation is 1. The van der Waals surface area contributed by atoms with E-state index in [1.807, 2.05) is 54.6 Å². The third-order valence-electron chi connectivity index (χ3n) is 5.28. The van der Waals surface area contributed by atoms with Crippen LogP contribution < -0.4 is 14.8 Å². The maximum absolute atomic E-state index is 12.8. The summed E-state index contributed by atoms with van der Waals surface area (Å²) in [4.78, 5) is 12.8. The lowest BCUT2D eigenvalue weighted by Gasteiger charge is -2.21. The molecule has 1 amide bonds. The molecule has 3 aromatic carbocycles. The molecular formula is C26H27NO3. The summed E-state index contributed by atoms with van der Waals surface area (Å²) in [6, 6.07) is 26.2. The molecule has 0 bridgehead atoms. The predicted octanol–water partition coefficient (Wildman–Crippen LogP) is 4.88. The second-order valence-corrected chi connectivity index (χ2v) is 7.55. The van der Waals surface area contributed by atoms with E-state index in [4.69, 9.17) is 9.47 Å². The Kier molecular flexibility index (Phi) is 6.65. The van der Waals surface area contributed by atoms with Crippen molar-refractivity contribution in [1.82, 2.24) is 5.32 Å². The highest BCUT2D eigenvalue weighted by Gasteiger charge is 2.19. The molecule has 0 fully saturated rings. The maximum Gasteiger partial charge on any atom is 0.220 e. The molecule has 1 aliphatic heterocycles. The Bertz CT molecular complexity index is 957. The fourth-order valence-corrected chi connectivity index (χ4v) is 3.67. The number of hydrogen-bond donors (Lipinski definition) is 1. The zero-order valence-corrected chi connectivity index (χ0v) is 17.1. The van der Waals surface area contributed by atoms with Gasteiger partial charge in [-0.15, -0.1) is 0 Å². The van der Waals surface area contributed by atoms with Crippen LogP contribution >= 0.6 is 0 Å². The van der Waals surface area contributed by atoms with Gasteiger partial charge in [0.25, 0.3) is 0 Å². The van der Waals surface area contributed by atoms with Gasteiger partial charge in [0.1, 0.15) is 0 Å². The van der Waals surface area contributed by atoms with Crippen LogP contribution in [0.2, 0.25) is 0 Å². The molecule has 1 heterocycles. The van der Waals surface area contributed by atoms with Crippen LogP contribution in [0, 0.1) is 0 Å². The number of rotatable bonds is 7. The lowest BCUT2D eigenvalue weighted by atomic mass is 9.98. The van der Waals surface area contributed by atoms with Gasteiger partial charge in [-0.3, -0.25) is 4.79 Å². The van der Waals surface area contributed by atoms with Crippen molar-refractivity contribution < 1.29 is 14.3 Å². The Hall–Kier alpha value is -3.27. The van der Waals surface area contributed by atoms with Gasteiger partial charge in [-0.2, -0.15) is 0 Å². The third-order valence-corrected chi connectivity index (χ3v) is 5.28. The Balaban J connectivity index is 1.50. The summed E-state index contributed by atoms with van der Waals surface area (Å²) in [6.07, 6.45) is 2.77. The van der Waals surface area contributed by atoms with Gasteiger partial charge in [0.05, 0.1) is 19.3 Å². The van der Waals surface area contributed by atoms with Gasteiger partial charge in [0.15, 0.2) is 11.5 Å². The molecule has 4 nitrogen and oxygen atoms in total. The first-order valence-corrected chi connectivity index (χ1v) is 10.5. The fourth-order valence-electron chi connectivity index (χ4n) is 3.67. The molecule has 1 aliphatic rings. The average molecular weight is 402 g/mol. The molecule has 1 N–H and O–H groups in total. The molecule has 30 heavy (non-hydrogen) atoms. The van der Waals surface area contributed by atoms with Crippen LogP contribution in [0.1, 0.15) is 35.6 Å². The number of carbonyl (C=O) groups excluding carboxylic acids is 1. The minimum atomic E-state index is -0.132. The van der Waals surface area contributed by atoms with Crippen molar-refractivity contribution in [3.63, 3.8) is 0 Å². The Labute approximate surface area is 177 Å². The summed E-state index contributed by atoms with van der Waals surface area (Å²) in [5, 5.41) is 3.24. The summed E-state index contributed by atoms with van der Waals surface area (Å²) in [5.74, 6) is 1.57. The maximum atomic E-state index is 12.8. The number of hydrogen-bond acceptors (Lipinski definition) is 3. The summed E-state index contributed by atoms with van der Waals surface area (Å²) in [5.41, 5.74) is 3.37. The van der Waals surface area contributed by atoms with Crippen molar-refractivity contribution in [2.45, 2.75) is 31.7 Å². The van der Waals surface area contributed by atoms with Crippen molar-refractivity contribution >= 4 is 5.91 Å². The van der Waals surface area contributed by atoms with Crippen LogP contribution in [0.4, 0.5) is 0 Å². The summed E-state index contributed by atoms with van der Waals surface area (Å²) in [6.45, 7) is 1.30. The number of amides is 1. The molecule has 0 radical (unpaired) electrons. The first-order chi connectivity index (χ1) is 14.8. The molecule has 3 aromatic rings. The van der Waals surface area contributed by atoms with Gasteiger partial charge in [-0.1, -0.05) is 66.7 Å². The topological polar surface area (TPSA) is 47.6 Å². The van der Waals surface area contributed by atoms with Gasteiger partial charge < -0.3 is 14.8 Å². The van der Waals surface area contributed by atoms with Crippen LogP contribution in [0.15, 0.2) is 78.9 Å². The third kappa shape index (κ3) is 5.41. The van der Waals surface area contributed by atoms with E-state index in [9.17, 15) is 4.79 Å². The van der Waals surface area contributed by atoms with Gasteiger partial charge >= 0.3 is 0 Å². The van der Waals surface area contributed by atoms with Crippen molar-refractivity contribution in [3.05, 3.63) is 95.6 Å². The highest BCUT2D eigenvalue weighted by Crippen LogP contribution is 2.33. The van der Waals surface area contributed by atoms with E-state index in [0.717, 1.165) is 36.3 Å². The van der Waals surface area contributed by atoms with E-state index in [1.54, 1.807) is 0 Å². The van der Waals surface area contributed by atoms with Crippen molar-refractivity contribution in [1.29, 1.82) is 0 Å². The van der Waals surface area contributed by atoms with Crippen LogP contribution in [0.25, 0.3) is 0 Å². The summed E-state index contributed by atoms with van der Waals surface area (Å²) < 4.78 is 11.6. The molecule has 0 saturated heterocycles. The largest absolute Gasteiger partial charge is 0.490 e. The number of carbonyl (C=O) groups is 1. The molecule has 0 unspecified atom stereocenters. The number of fused-ring (bicyclic) bond motifs is 1. The van der Waals surface area contributed by atoms with Crippen LogP contribution in [-0.4, -0.2) is 19.1 Å². The highest BCUT2D eigenvalue weighted by atomic mass is 16.5. The van der Waals surface area contributed by atoms with Crippen LogP contribution in [0.5, 0.6) is 11.5 Å². The zero-order chi connectivity index (χ0) is 20.6. The fraction of sp³-hybridized carbons (Fsp3) is 0.269. The molecule has 0 saturated carbocycles. The van der Waals surface area contributed by atoms with Gasteiger partial charge in [-0.25, -0.2) is 0 Å². The van der Waals surface area contributed by atoms with E-state index in [-0.39, 0.29) is 11.9 Å². The quantitative estimate of drug-likeness (QED) is 0.614. The standard InChI is InChI=1S/C26H27NO3/c28-26(15-12-20-8-3-1-4-9-20)27-23(18-21-10-5-2-6-11-21)22-13-14-24-25(19-22)30-17-7-16-29-24/h1-6,8-11,13-14,19,23H,7,12,15-18H2,(H,27,28)/t23-/m1/s1. The van der Waals surface area contributed by atoms with Crippen LogP contribution in [0.3, 0.4) is 0 Å². The lowest BCUT2D eigenvalue weighted by molar-refractivity contribution is -0.121. The number of nitrogens with one attached hydrogen (secondary N) is 1. The SMILES string of the molecule is O=C(CCc1ccccc1)N[C@H](Cc1ccccc1)c1ccc2c(c1)OCCCO2. The Morgan fingerprint density at radius 3 is 2.23 bits per heavy atom. The highest BCUT2D eigenvalue weighted by molar-refractivity contribution is 5.76. The molecule has 0 aromatic heterocycles. The molecule has 0 spiro atoms. The normalized spacial score (nSPS) is 13.9. The number of ether oxygens (including phenoxy) is 2. The lowest BCUT2D eigenvalue weighted by Crippen LogP contribution is -2.30. The van der Waals surface area contributed by atoms with E-state index >= 15 is 0 Å². The van der Waals surface area contributed by atoms with Crippen molar-refractivity contribution in [3.8, 4) is 11.5 Å². The monoisotopic (exact) mass is 401 g/mol. The zero-order valence-electron chi connectivity index (χ0n) is 17.1. The molecule has 0 aliphatic carbocycles. The van der Waals surface area contributed by atoms with E-state index in [1.165, 1.54) is 11.1 Å². The summed E-state index contributed by atoms with van der Waals surface area (Å²) in [7, 11) is 0. The molecule has 4 rings (SSSR count). The molecule has 4 heteroatoms. The molecular weight excluding hydrogens is 374 g/mol. The molecule has 154 valence electrons. The van der Waals surface area contributed by atoms with E-state index < -0.39 is 0 Å². The van der Waals surface area contributed by atoms with Gasteiger partial charge in [0, 0.05) is 12.8 Å². The van der Waals surface area contributed by atoms with Crippen molar-refractivity contribution in [2.24, 2.45) is 0 Å². The molecule has 1 atom stereocenters. The second-order valence-electron chi connectivity index (χ2n) is 7.55. The van der Waals surface area contributed by atoms with Crippen molar-refractivity contribution in [2.75, 3.05) is 13.2 Å². The van der Waals surface area contributed by atoms with Gasteiger partial charge in [0.2, 0.25) is 5.91 Å². The first kappa shape index (κ1) is 20.0. The number of benzene rings is 3. The van der Waals surface area contributed by atoms with E-state index in [2.05, 4.69) is 29.6 Å². The first-order valence-electron chi connectivity index (χ1n) is 10.5. The van der Waals surface area contributed by atoms with Gasteiger partial charge in [-0.05, 0) is 41.7 Å².